The van der Waals surface area contributed by atoms with Gasteiger partial charge in [-0.25, -0.2) is 0 Å². The number of hydrogen-bond donors (Lipinski definition) is 1. The largest absolute Gasteiger partial charge is 0.507 e. The van der Waals surface area contributed by atoms with Gasteiger partial charge in [0.05, 0.1) is 6.42 Å². The van der Waals surface area contributed by atoms with Gasteiger partial charge in [-0.2, -0.15) is 0 Å². The van der Waals surface area contributed by atoms with Crippen LogP contribution >= 0.6 is 0 Å². The zero-order valence-electron chi connectivity index (χ0n) is 22.3. The smallest absolute Gasteiger partial charge is 0.320 e. The zero-order valence-corrected chi connectivity index (χ0v) is 22.3. The maximum Gasteiger partial charge on any atom is 0.320 e. The van der Waals surface area contributed by atoms with Crippen molar-refractivity contribution < 1.29 is 14.6 Å². The van der Waals surface area contributed by atoms with E-state index in [1.54, 1.807) is 6.92 Å². The van der Waals surface area contributed by atoms with E-state index in [0.717, 1.165) is 16.7 Å². The summed E-state index contributed by atoms with van der Waals surface area (Å²) in [6.07, 6.45) is 2.89. The molecule has 0 atom stereocenters. The van der Waals surface area contributed by atoms with Crippen LogP contribution in [0.25, 0.3) is 0 Å². The predicted octanol–water partition coefficient (Wildman–Crippen LogP) is 4.47. The second-order valence-electron chi connectivity index (χ2n) is 9.62. The average molecular weight is 485 g/mol. The molecular formula is C34H28O3. The van der Waals surface area contributed by atoms with Crippen LogP contribution in [0.4, 0.5) is 0 Å². The number of hydrogen-bond acceptors (Lipinski definition) is 3. The monoisotopic (exact) mass is 484 g/mol. The lowest BCUT2D eigenvalue weighted by atomic mass is 9.78. The van der Waals surface area contributed by atoms with Gasteiger partial charge >= 0.3 is 5.97 Å². The molecule has 0 unspecified atom stereocenters. The number of rotatable bonds is 3. The van der Waals surface area contributed by atoms with Crippen molar-refractivity contribution in [1.82, 2.24) is 0 Å². The van der Waals surface area contributed by atoms with Gasteiger partial charge in [0.25, 0.3) is 0 Å². The van der Waals surface area contributed by atoms with Gasteiger partial charge in [0.1, 0.15) is 11.9 Å². The molecule has 3 heteroatoms. The Labute approximate surface area is 222 Å². The first kappa shape index (κ1) is 30.0. The summed E-state index contributed by atoms with van der Waals surface area (Å²) in [6, 6.07) is 3.91. The summed E-state index contributed by atoms with van der Waals surface area (Å²) in [4.78, 5) is 12.1. The number of aromatic hydroxyl groups is 1. The Morgan fingerprint density at radius 2 is 1.08 bits per heavy atom. The Morgan fingerprint density at radius 1 is 0.703 bits per heavy atom. The first-order chi connectivity index (χ1) is 17.5. The number of ether oxygens (including phenoxy) is 1. The van der Waals surface area contributed by atoms with E-state index in [9.17, 15) is 9.90 Å². The summed E-state index contributed by atoms with van der Waals surface area (Å²) < 4.78 is 4.92. The van der Waals surface area contributed by atoms with E-state index in [1.807, 2.05) is 53.7 Å². The van der Waals surface area contributed by atoms with Crippen LogP contribution in [-0.4, -0.2) is 11.1 Å². The molecule has 37 heavy (non-hydrogen) atoms. The Kier molecular flexibility index (Phi) is 12.2. The Balaban J connectivity index is 2.67. The molecule has 0 radical (unpaired) electrons. The van der Waals surface area contributed by atoms with Crippen molar-refractivity contribution in [3.63, 3.8) is 0 Å². The third kappa shape index (κ3) is 12.3. The van der Waals surface area contributed by atoms with Gasteiger partial charge in [0.2, 0.25) is 0 Å². The SMILES string of the molecule is CC#CC#CC#CC#CC#CC#CC#CC#COC(=O)CCc1cc(C(C)(C)C)c(O)c(C(C)(C)C)c1. The van der Waals surface area contributed by atoms with Crippen molar-refractivity contribution in [2.75, 3.05) is 0 Å². The highest BCUT2D eigenvalue weighted by molar-refractivity contribution is 5.71. The average Bonchev–Trinajstić information content (AvgIpc) is 2.81. The van der Waals surface area contributed by atoms with Crippen LogP contribution in [0, 0.1) is 94.9 Å². The third-order valence-corrected chi connectivity index (χ3v) is 4.56. The van der Waals surface area contributed by atoms with Gasteiger partial charge in [-0.1, -0.05) is 59.6 Å². The van der Waals surface area contributed by atoms with Crippen molar-refractivity contribution in [2.45, 2.75) is 72.1 Å². The lowest BCUT2D eigenvalue weighted by Crippen LogP contribution is -2.18. The number of aryl methyl sites for hydroxylation is 1. The van der Waals surface area contributed by atoms with Crippen LogP contribution in [-0.2, 0) is 26.8 Å². The standard InChI is InChI=1S/C34H28O3/c1-8-9-10-11-12-13-14-15-16-17-18-19-20-21-22-25-37-31(35)24-23-28-26-29(33(2,3)4)32(36)30(27-28)34(5,6)7/h26-27,36H,23-24H2,1-7H3. The van der Waals surface area contributed by atoms with E-state index in [2.05, 4.69) is 94.9 Å². The highest BCUT2D eigenvalue weighted by atomic mass is 16.5. The van der Waals surface area contributed by atoms with E-state index in [-0.39, 0.29) is 17.3 Å². The molecule has 1 aromatic rings. The highest BCUT2D eigenvalue weighted by Gasteiger charge is 2.26. The number of phenols is 1. The molecule has 0 saturated carbocycles. The molecule has 1 rings (SSSR count). The second-order valence-corrected chi connectivity index (χ2v) is 9.62. The summed E-state index contributed by atoms with van der Waals surface area (Å²) in [5.74, 6) is 37.5. The topological polar surface area (TPSA) is 46.5 Å². The van der Waals surface area contributed by atoms with Gasteiger partial charge < -0.3 is 9.84 Å². The minimum absolute atomic E-state index is 0.153. The van der Waals surface area contributed by atoms with Crippen LogP contribution in [0.1, 0.15) is 71.6 Å². The van der Waals surface area contributed by atoms with Crippen molar-refractivity contribution in [3.8, 4) is 101 Å². The van der Waals surface area contributed by atoms with Crippen molar-refractivity contribution >= 4 is 5.97 Å². The van der Waals surface area contributed by atoms with Gasteiger partial charge in [-0.3, -0.25) is 4.79 Å². The molecule has 0 saturated heterocycles. The molecule has 0 aliphatic rings. The van der Waals surface area contributed by atoms with Gasteiger partial charge in [-0.15, -0.1) is 0 Å². The minimum atomic E-state index is -0.458. The molecule has 0 bridgehead atoms. The number of benzene rings is 1. The molecule has 3 nitrogen and oxygen atoms in total. The molecular weight excluding hydrogens is 456 g/mol. The van der Waals surface area contributed by atoms with Crippen molar-refractivity contribution in [1.29, 1.82) is 0 Å². The summed E-state index contributed by atoms with van der Waals surface area (Å²) in [7, 11) is 0. The van der Waals surface area contributed by atoms with Crippen LogP contribution < -0.4 is 0 Å². The lowest BCUT2D eigenvalue weighted by Gasteiger charge is -2.28. The fraction of sp³-hybridized carbons (Fsp3) is 0.324. The normalized spacial score (nSPS) is 8.73. The lowest BCUT2D eigenvalue weighted by molar-refractivity contribution is -0.136. The molecule has 0 spiro atoms. The van der Waals surface area contributed by atoms with Gasteiger partial charge in [-0.05, 0) is 82.3 Å². The van der Waals surface area contributed by atoms with Crippen LogP contribution in [0.5, 0.6) is 5.75 Å². The number of carbonyl (C=O) groups is 1. The van der Waals surface area contributed by atoms with E-state index in [0.29, 0.717) is 12.2 Å². The number of esters is 1. The molecule has 0 amide bonds. The quantitative estimate of drug-likeness (QED) is 0.509. The van der Waals surface area contributed by atoms with Gasteiger partial charge in [0, 0.05) is 41.4 Å². The molecule has 0 aromatic heterocycles. The maximum absolute atomic E-state index is 12.1. The van der Waals surface area contributed by atoms with Gasteiger partial charge in [0.15, 0.2) is 0 Å². The zero-order chi connectivity index (χ0) is 27.7. The van der Waals surface area contributed by atoms with Crippen LogP contribution in [0.15, 0.2) is 12.1 Å². The predicted molar refractivity (Wildman–Crippen MR) is 148 cm³/mol. The van der Waals surface area contributed by atoms with Crippen LogP contribution in [0.3, 0.4) is 0 Å². The highest BCUT2D eigenvalue weighted by Crippen LogP contribution is 2.39. The summed E-state index contributed by atoms with van der Waals surface area (Å²) >= 11 is 0. The second kappa shape index (κ2) is 15.1. The Hall–Kier alpha value is -5.03. The van der Waals surface area contributed by atoms with E-state index in [1.165, 1.54) is 0 Å². The van der Waals surface area contributed by atoms with Crippen molar-refractivity contribution in [3.05, 3.63) is 28.8 Å². The molecule has 0 heterocycles. The maximum atomic E-state index is 12.1. The summed E-state index contributed by atoms with van der Waals surface area (Å²) in [5, 5.41) is 10.8. The first-order valence-electron chi connectivity index (χ1n) is 11.4. The fourth-order valence-corrected chi connectivity index (χ4v) is 2.82. The Bertz CT molecular complexity index is 1490. The molecule has 1 N–H and O–H groups in total. The fourth-order valence-electron chi connectivity index (χ4n) is 2.82. The third-order valence-electron chi connectivity index (χ3n) is 4.56. The van der Waals surface area contributed by atoms with Crippen LogP contribution in [0.2, 0.25) is 0 Å². The first-order valence-corrected chi connectivity index (χ1v) is 11.4. The van der Waals surface area contributed by atoms with E-state index >= 15 is 0 Å². The minimum Gasteiger partial charge on any atom is -0.507 e. The molecule has 0 fully saturated rings. The summed E-state index contributed by atoms with van der Waals surface area (Å²) in [6.45, 7) is 14.0. The van der Waals surface area contributed by atoms with E-state index < -0.39 is 5.97 Å². The number of phenolic OH excluding ortho intramolecular Hbond substituents is 1. The molecule has 0 aliphatic heterocycles. The van der Waals surface area contributed by atoms with Crippen molar-refractivity contribution in [2.24, 2.45) is 0 Å². The molecule has 0 aliphatic carbocycles. The van der Waals surface area contributed by atoms with E-state index in [4.69, 9.17) is 4.74 Å². The summed E-state index contributed by atoms with van der Waals surface area (Å²) in [5.41, 5.74) is 2.20. The molecule has 182 valence electrons. The molecule has 1 aromatic carbocycles. The Morgan fingerprint density at radius 3 is 1.46 bits per heavy atom. The number of carbonyl (C=O) groups excluding carboxylic acids is 1.